The van der Waals surface area contributed by atoms with Crippen molar-refractivity contribution in [1.29, 1.82) is 0 Å². The van der Waals surface area contributed by atoms with Gasteiger partial charge in [-0.1, -0.05) is 12.1 Å². The molecule has 0 saturated carbocycles. The summed E-state index contributed by atoms with van der Waals surface area (Å²) in [5, 5.41) is 12.9. The minimum absolute atomic E-state index is 0.104. The maximum absolute atomic E-state index is 12.7. The van der Waals surface area contributed by atoms with E-state index in [4.69, 9.17) is 0 Å². The Morgan fingerprint density at radius 1 is 1.29 bits per heavy atom. The first-order valence-corrected chi connectivity index (χ1v) is 5.80. The van der Waals surface area contributed by atoms with Gasteiger partial charge in [0.2, 0.25) is 0 Å². The maximum atomic E-state index is 12.7. The van der Waals surface area contributed by atoms with Crippen LogP contribution in [-0.2, 0) is 0 Å². The van der Waals surface area contributed by atoms with Crippen molar-refractivity contribution in [3.63, 3.8) is 0 Å². The Kier molecular flexibility index (Phi) is 5.55. The van der Waals surface area contributed by atoms with Crippen LogP contribution in [0.2, 0.25) is 0 Å². The van der Waals surface area contributed by atoms with Crippen LogP contribution in [0.3, 0.4) is 0 Å². The van der Waals surface area contributed by atoms with E-state index in [9.17, 15) is 9.50 Å². The highest BCUT2D eigenvalue weighted by atomic mass is 19.1. The van der Waals surface area contributed by atoms with Gasteiger partial charge in [0.05, 0.1) is 6.10 Å². The van der Waals surface area contributed by atoms with E-state index in [2.05, 4.69) is 5.32 Å². The van der Waals surface area contributed by atoms with Gasteiger partial charge in [-0.25, -0.2) is 4.39 Å². The SMILES string of the molecule is C[C@@H](NCC(O)CN(C)C)c1ccc(F)cc1. The molecule has 1 rings (SSSR count). The molecule has 3 nitrogen and oxygen atoms in total. The van der Waals surface area contributed by atoms with Gasteiger partial charge < -0.3 is 15.3 Å². The minimum Gasteiger partial charge on any atom is -0.390 e. The fourth-order valence-corrected chi connectivity index (χ4v) is 1.67. The fourth-order valence-electron chi connectivity index (χ4n) is 1.67. The van der Waals surface area contributed by atoms with Gasteiger partial charge in [0.15, 0.2) is 0 Å². The van der Waals surface area contributed by atoms with Gasteiger partial charge in [-0.3, -0.25) is 0 Å². The molecule has 0 radical (unpaired) electrons. The number of aliphatic hydroxyl groups is 1. The second-order valence-electron chi connectivity index (χ2n) is 4.60. The molecule has 0 aliphatic carbocycles. The number of hydrogen-bond acceptors (Lipinski definition) is 3. The average molecular weight is 240 g/mol. The van der Waals surface area contributed by atoms with E-state index in [0.29, 0.717) is 13.1 Å². The van der Waals surface area contributed by atoms with E-state index in [0.717, 1.165) is 5.56 Å². The first kappa shape index (κ1) is 14.1. The number of rotatable bonds is 6. The first-order valence-electron chi connectivity index (χ1n) is 5.80. The summed E-state index contributed by atoms with van der Waals surface area (Å²) in [6.45, 7) is 3.15. The van der Waals surface area contributed by atoms with Crippen molar-refractivity contribution < 1.29 is 9.50 Å². The molecule has 2 N–H and O–H groups in total. The Hall–Kier alpha value is -0.970. The topological polar surface area (TPSA) is 35.5 Å². The van der Waals surface area contributed by atoms with Crippen molar-refractivity contribution >= 4 is 0 Å². The van der Waals surface area contributed by atoms with Gasteiger partial charge in [0.25, 0.3) is 0 Å². The van der Waals surface area contributed by atoms with Crippen molar-refractivity contribution in [2.45, 2.75) is 19.1 Å². The molecule has 17 heavy (non-hydrogen) atoms. The van der Waals surface area contributed by atoms with Crippen molar-refractivity contribution in [2.24, 2.45) is 0 Å². The van der Waals surface area contributed by atoms with E-state index < -0.39 is 6.10 Å². The van der Waals surface area contributed by atoms with E-state index in [1.807, 2.05) is 25.9 Å². The summed E-state index contributed by atoms with van der Waals surface area (Å²) in [6, 6.07) is 6.51. The first-order chi connectivity index (χ1) is 7.99. The number of benzene rings is 1. The number of aliphatic hydroxyl groups excluding tert-OH is 1. The van der Waals surface area contributed by atoms with Crippen LogP contribution >= 0.6 is 0 Å². The van der Waals surface area contributed by atoms with Gasteiger partial charge in [0.1, 0.15) is 5.82 Å². The van der Waals surface area contributed by atoms with Crippen LogP contribution in [0.1, 0.15) is 18.5 Å². The zero-order valence-electron chi connectivity index (χ0n) is 10.7. The molecule has 0 spiro atoms. The molecule has 0 saturated heterocycles. The van der Waals surface area contributed by atoms with Gasteiger partial charge in [0, 0.05) is 19.1 Å². The molecule has 0 aliphatic rings. The molecular formula is C13H21FN2O. The average Bonchev–Trinajstić information content (AvgIpc) is 2.26. The smallest absolute Gasteiger partial charge is 0.123 e. The Balaban J connectivity index is 2.39. The third kappa shape index (κ3) is 5.26. The molecule has 1 unspecified atom stereocenters. The second-order valence-corrected chi connectivity index (χ2v) is 4.60. The monoisotopic (exact) mass is 240 g/mol. The number of nitrogens with one attached hydrogen (secondary N) is 1. The predicted octanol–water partition coefficient (Wildman–Crippen LogP) is 1.40. The Morgan fingerprint density at radius 2 is 1.88 bits per heavy atom. The Morgan fingerprint density at radius 3 is 2.41 bits per heavy atom. The van der Waals surface area contributed by atoms with Gasteiger partial charge >= 0.3 is 0 Å². The molecular weight excluding hydrogens is 219 g/mol. The fraction of sp³-hybridized carbons (Fsp3) is 0.538. The van der Waals surface area contributed by atoms with Crippen LogP contribution in [0.4, 0.5) is 4.39 Å². The van der Waals surface area contributed by atoms with Crippen molar-refractivity contribution in [2.75, 3.05) is 27.2 Å². The minimum atomic E-state index is -0.395. The third-order valence-electron chi connectivity index (χ3n) is 2.61. The highest BCUT2D eigenvalue weighted by Crippen LogP contribution is 2.12. The number of likely N-dealkylation sites (N-methyl/N-ethyl adjacent to an activating group) is 1. The summed E-state index contributed by atoms with van der Waals surface area (Å²) >= 11 is 0. The normalized spacial score (nSPS) is 14.9. The molecule has 1 aromatic rings. The third-order valence-corrected chi connectivity index (χ3v) is 2.61. The van der Waals surface area contributed by atoms with Gasteiger partial charge in [-0.2, -0.15) is 0 Å². The van der Waals surface area contributed by atoms with Crippen LogP contribution < -0.4 is 5.32 Å². The molecule has 0 heterocycles. The number of halogens is 1. The Labute approximate surface area is 102 Å². The lowest BCUT2D eigenvalue weighted by molar-refractivity contribution is 0.132. The van der Waals surface area contributed by atoms with Gasteiger partial charge in [-0.15, -0.1) is 0 Å². The molecule has 0 aromatic heterocycles. The number of hydrogen-bond donors (Lipinski definition) is 2. The molecule has 4 heteroatoms. The van der Waals surface area contributed by atoms with Crippen molar-refractivity contribution in [3.05, 3.63) is 35.6 Å². The lowest BCUT2D eigenvalue weighted by Gasteiger charge is -2.20. The standard InChI is InChI=1S/C13H21FN2O/c1-10(11-4-6-12(14)7-5-11)15-8-13(17)9-16(2)3/h4-7,10,13,15,17H,8-9H2,1-3H3/t10-,13?/m1/s1. The lowest BCUT2D eigenvalue weighted by Crippen LogP contribution is -2.36. The van der Waals surface area contributed by atoms with Crippen LogP contribution in [0.5, 0.6) is 0 Å². The van der Waals surface area contributed by atoms with E-state index >= 15 is 0 Å². The summed E-state index contributed by atoms with van der Waals surface area (Å²) in [4.78, 5) is 1.94. The maximum Gasteiger partial charge on any atom is 0.123 e. The van der Waals surface area contributed by atoms with E-state index in [-0.39, 0.29) is 11.9 Å². The summed E-state index contributed by atoms with van der Waals surface area (Å²) in [5.41, 5.74) is 1.02. The van der Waals surface area contributed by atoms with Crippen LogP contribution in [0.15, 0.2) is 24.3 Å². The van der Waals surface area contributed by atoms with Crippen LogP contribution in [-0.4, -0.2) is 43.3 Å². The Bertz CT molecular complexity index is 327. The van der Waals surface area contributed by atoms with Gasteiger partial charge in [-0.05, 0) is 38.7 Å². The molecule has 0 amide bonds. The highest BCUT2D eigenvalue weighted by Gasteiger charge is 2.09. The van der Waals surface area contributed by atoms with Crippen LogP contribution in [0, 0.1) is 5.82 Å². The lowest BCUT2D eigenvalue weighted by atomic mass is 10.1. The summed E-state index contributed by atoms with van der Waals surface area (Å²) in [6.07, 6.45) is -0.395. The second kappa shape index (κ2) is 6.69. The van der Waals surface area contributed by atoms with Crippen molar-refractivity contribution in [1.82, 2.24) is 10.2 Å². The molecule has 0 fully saturated rings. The predicted molar refractivity (Wildman–Crippen MR) is 67.4 cm³/mol. The van der Waals surface area contributed by atoms with E-state index in [1.165, 1.54) is 12.1 Å². The van der Waals surface area contributed by atoms with Crippen LogP contribution in [0.25, 0.3) is 0 Å². The molecule has 1 aromatic carbocycles. The molecule has 96 valence electrons. The number of nitrogens with zero attached hydrogens (tertiary/aromatic N) is 1. The quantitative estimate of drug-likeness (QED) is 0.789. The zero-order valence-corrected chi connectivity index (χ0v) is 10.7. The molecule has 2 atom stereocenters. The zero-order chi connectivity index (χ0) is 12.8. The molecule has 0 aliphatic heterocycles. The molecule has 0 bridgehead atoms. The summed E-state index contributed by atoms with van der Waals surface area (Å²) in [7, 11) is 3.85. The highest BCUT2D eigenvalue weighted by molar-refractivity contribution is 5.19. The largest absolute Gasteiger partial charge is 0.390 e. The summed E-state index contributed by atoms with van der Waals surface area (Å²) < 4.78 is 12.7. The van der Waals surface area contributed by atoms with E-state index in [1.54, 1.807) is 12.1 Å². The summed E-state index contributed by atoms with van der Waals surface area (Å²) in [5.74, 6) is -0.228. The van der Waals surface area contributed by atoms with Crippen molar-refractivity contribution in [3.8, 4) is 0 Å².